The van der Waals surface area contributed by atoms with E-state index in [1.807, 2.05) is 0 Å². The normalized spacial score (nSPS) is 14.1. The van der Waals surface area contributed by atoms with E-state index < -0.39 is 0 Å². The van der Waals surface area contributed by atoms with Crippen LogP contribution in [0.2, 0.25) is 0 Å². The first-order chi connectivity index (χ1) is 3.31. The van der Waals surface area contributed by atoms with Crippen LogP contribution in [0.3, 0.4) is 0 Å². The summed E-state index contributed by atoms with van der Waals surface area (Å²) in [7, 11) is 0. The monoisotopic (exact) mass is 214 g/mol. The predicted octanol–water partition coefficient (Wildman–Crippen LogP) is 1.58. The lowest BCUT2D eigenvalue weighted by atomic mass is 10.2. The maximum Gasteiger partial charge on any atom is 0.0629 e. The van der Waals surface area contributed by atoms with Crippen molar-refractivity contribution in [3.05, 3.63) is 0 Å². The standard InChI is InChI=1S/C5H11IO/c1-2-3-5(7)4-6/h5,7H,2-4H2,1H3. The highest BCUT2D eigenvalue weighted by Gasteiger charge is 1.95. The van der Waals surface area contributed by atoms with E-state index in [1.54, 1.807) is 0 Å². The predicted molar refractivity (Wildman–Crippen MR) is 39.8 cm³/mol. The first kappa shape index (κ1) is 7.69. The van der Waals surface area contributed by atoms with Crippen molar-refractivity contribution in [2.45, 2.75) is 25.9 Å². The molecule has 1 atom stereocenters. The molecule has 1 unspecified atom stereocenters. The summed E-state index contributed by atoms with van der Waals surface area (Å²) in [5.41, 5.74) is 0. The molecule has 7 heavy (non-hydrogen) atoms. The smallest absolute Gasteiger partial charge is 0.0629 e. The Balaban J connectivity index is 2.83. The summed E-state index contributed by atoms with van der Waals surface area (Å²) < 4.78 is 0.867. The molecule has 0 aliphatic carbocycles. The van der Waals surface area contributed by atoms with Crippen molar-refractivity contribution >= 4 is 22.6 Å². The van der Waals surface area contributed by atoms with Gasteiger partial charge in [-0.2, -0.15) is 0 Å². The second kappa shape index (κ2) is 4.84. The summed E-state index contributed by atoms with van der Waals surface area (Å²) in [6.45, 7) is 2.08. The molecule has 0 aromatic rings. The van der Waals surface area contributed by atoms with E-state index >= 15 is 0 Å². The highest BCUT2D eigenvalue weighted by atomic mass is 127. The highest BCUT2D eigenvalue weighted by molar-refractivity contribution is 14.1. The maximum absolute atomic E-state index is 8.85. The minimum atomic E-state index is -0.0643. The summed E-state index contributed by atoms with van der Waals surface area (Å²) in [5, 5.41) is 8.85. The Morgan fingerprint density at radius 3 is 2.43 bits per heavy atom. The number of halogens is 1. The van der Waals surface area contributed by atoms with E-state index in [0.29, 0.717) is 0 Å². The lowest BCUT2D eigenvalue weighted by Gasteiger charge is -2.00. The lowest BCUT2D eigenvalue weighted by Crippen LogP contribution is -2.05. The van der Waals surface area contributed by atoms with Gasteiger partial charge < -0.3 is 5.11 Å². The van der Waals surface area contributed by atoms with Gasteiger partial charge in [-0.15, -0.1) is 0 Å². The quantitative estimate of drug-likeness (QED) is 0.558. The fraction of sp³-hybridized carbons (Fsp3) is 1.00. The van der Waals surface area contributed by atoms with Crippen LogP contribution in [0.15, 0.2) is 0 Å². The van der Waals surface area contributed by atoms with Crippen LogP contribution in [0.5, 0.6) is 0 Å². The summed E-state index contributed by atoms with van der Waals surface area (Å²) in [4.78, 5) is 0. The molecule has 0 saturated heterocycles. The molecular formula is C5H11IO. The van der Waals surface area contributed by atoms with Gasteiger partial charge in [0.05, 0.1) is 6.10 Å². The molecule has 0 rings (SSSR count). The van der Waals surface area contributed by atoms with Gasteiger partial charge in [-0.25, -0.2) is 0 Å². The van der Waals surface area contributed by atoms with E-state index in [4.69, 9.17) is 5.11 Å². The SMILES string of the molecule is CCCC(O)CI. The molecule has 0 bridgehead atoms. The Morgan fingerprint density at radius 1 is 1.71 bits per heavy atom. The van der Waals surface area contributed by atoms with Crippen molar-refractivity contribution in [3.63, 3.8) is 0 Å². The van der Waals surface area contributed by atoms with Gasteiger partial charge in [0.25, 0.3) is 0 Å². The minimum absolute atomic E-state index is 0.0643. The molecule has 0 aromatic carbocycles. The minimum Gasteiger partial charge on any atom is -0.392 e. The van der Waals surface area contributed by atoms with Crippen molar-refractivity contribution in [2.24, 2.45) is 0 Å². The van der Waals surface area contributed by atoms with Gasteiger partial charge in [0.15, 0.2) is 0 Å². The summed E-state index contributed by atoms with van der Waals surface area (Å²) in [5.74, 6) is 0. The van der Waals surface area contributed by atoms with Gasteiger partial charge in [-0.05, 0) is 6.42 Å². The Kier molecular flexibility index (Phi) is 5.32. The molecule has 0 aliphatic rings. The molecule has 0 amide bonds. The number of hydrogen-bond acceptors (Lipinski definition) is 1. The highest BCUT2D eigenvalue weighted by Crippen LogP contribution is 1.98. The molecule has 0 aliphatic heterocycles. The van der Waals surface area contributed by atoms with Crippen LogP contribution in [0.4, 0.5) is 0 Å². The Hall–Kier alpha value is 0.690. The first-order valence-corrected chi connectivity index (χ1v) is 4.07. The Labute approximate surface area is 58.3 Å². The number of hydrogen-bond donors (Lipinski definition) is 1. The lowest BCUT2D eigenvalue weighted by molar-refractivity contribution is 0.191. The van der Waals surface area contributed by atoms with Gasteiger partial charge in [0.1, 0.15) is 0 Å². The third-order valence-corrected chi connectivity index (χ3v) is 1.82. The molecule has 44 valence electrons. The van der Waals surface area contributed by atoms with Crippen LogP contribution in [-0.2, 0) is 0 Å². The third-order valence-electron chi connectivity index (χ3n) is 0.800. The van der Waals surface area contributed by atoms with Gasteiger partial charge in [0.2, 0.25) is 0 Å². The summed E-state index contributed by atoms with van der Waals surface area (Å²) >= 11 is 2.19. The van der Waals surface area contributed by atoms with Crippen LogP contribution in [0, 0.1) is 0 Å². The number of alkyl halides is 1. The Bertz CT molecular complexity index is 39.1. The van der Waals surface area contributed by atoms with E-state index in [9.17, 15) is 0 Å². The van der Waals surface area contributed by atoms with Crippen molar-refractivity contribution in [1.29, 1.82) is 0 Å². The van der Waals surface area contributed by atoms with Crippen molar-refractivity contribution in [3.8, 4) is 0 Å². The summed E-state index contributed by atoms with van der Waals surface area (Å²) in [6, 6.07) is 0. The average molecular weight is 214 g/mol. The fourth-order valence-corrected chi connectivity index (χ4v) is 0.851. The molecular weight excluding hydrogens is 203 g/mol. The molecule has 2 heteroatoms. The number of aliphatic hydroxyl groups excluding tert-OH is 1. The van der Waals surface area contributed by atoms with Crippen LogP contribution >= 0.6 is 22.6 Å². The zero-order valence-electron chi connectivity index (χ0n) is 4.52. The van der Waals surface area contributed by atoms with Gasteiger partial charge in [-0.3, -0.25) is 0 Å². The molecule has 0 spiro atoms. The third kappa shape index (κ3) is 4.55. The zero-order chi connectivity index (χ0) is 5.70. The largest absolute Gasteiger partial charge is 0.392 e. The van der Waals surface area contributed by atoms with Gasteiger partial charge in [-0.1, -0.05) is 35.9 Å². The molecule has 0 heterocycles. The topological polar surface area (TPSA) is 20.2 Å². The van der Waals surface area contributed by atoms with Crippen LogP contribution in [0.1, 0.15) is 19.8 Å². The van der Waals surface area contributed by atoms with Crippen LogP contribution < -0.4 is 0 Å². The molecule has 1 nitrogen and oxygen atoms in total. The van der Waals surface area contributed by atoms with Gasteiger partial charge in [0, 0.05) is 4.43 Å². The molecule has 0 radical (unpaired) electrons. The number of aliphatic hydroxyl groups is 1. The second-order valence-electron chi connectivity index (χ2n) is 1.60. The average Bonchev–Trinajstić information content (AvgIpc) is 1.68. The van der Waals surface area contributed by atoms with E-state index in [1.165, 1.54) is 0 Å². The Morgan fingerprint density at radius 2 is 2.29 bits per heavy atom. The van der Waals surface area contributed by atoms with Crippen LogP contribution in [0.25, 0.3) is 0 Å². The van der Waals surface area contributed by atoms with Crippen molar-refractivity contribution in [2.75, 3.05) is 4.43 Å². The van der Waals surface area contributed by atoms with Gasteiger partial charge >= 0.3 is 0 Å². The van der Waals surface area contributed by atoms with E-state index in [0.717, 1.165) is 17.3 Å². The fourth-order valence-electron chi connectivity index (χ4n) is 0.410. The molecule has 0 saturated carbocycles. The first-order valence-electron chi connectivity index (χ1n) is 2.55. The number of rotatable bonds is 3. The molecule has 0 aromatic heterocycles. The molecule has 1 N–H and O–H groups in total. The van der Waals surface area contributed by atoms with Crippen LogP contribution in [-0.4, -0.2) is 15.6 Å². The second-order valence-corrected chi connectivity index (χ2v) is 2.48. The molecule has 0 fully saturated rings. The summed E-state index contributed by atoms with van der Waals surface area (Å²) in [6.07, 6.45) is 1.97. The van der Waals surface area contributed by atoms with E-state index in [-0.39, 0.29) is 6.10 Å². The maximum atomic E-state index is 8.85. The van der Waals surface area contributed by atoms with Crippen molar-refractivity contribution < 1.29 is 5.11 Å². The van der Waals surface area contributed by atoms with Crippen molar-refractivity contribution in [1.82, 2.24) is 0 Å². The zero-order valence-corrected chi connectivity index (χ0v) is 6.68. The van der Waals surface area contributed by atoms with E-state index in [2.05, 4.69) is 29.5 Å².